The van der Waals surface area contributed by atoms with E-state index in [2.05, 4.69) is 20.2 Å². The Balaban J connectivity index is 1.29. The number of para-hydroxylation sites is 2. The van der Waals surface area contributed by atoms with Crippen LogP contribution in [0, 0.1) is 0 Å². The van der Waals surface area contributed by atoms with Crippen molar-refractivity contribution in [2.75, 3.05) is 0 Å². The molecule has 0 bridgehead atoms. The topological polar surface area (TPSA) is 95.6 Å². The molecule has 0 saturated carbocycles. The maximum atomic E-state index is 12.6. The van der Waals surface area contributed by atoms with Gasteiger partial charge in [0, 0.05) is 14.1 Å². The smallest absolute Gasteiger partial charge is 0.261 e. The van der Waals surface area contributed by atoms with E-state index in [9.17, 15) is 9.59 Å². The highest BCUT2D eigenvalue weighted by atomic mass is 32.2. The second-order valence-corrected chi connectivity index (χ2v) is 10.7. The molecule has 0 N–H and O–H groups in total. The lowest BCUT2D eigenvalue weighted by Gasteiger charge is -2.08. The van der Waals surface area contributed by atoms with Crippen LogP contribution in [0.25, 0.3) is 21.8 Å². The van der Waals surface area contributed by atoms with E-state index in [1.54, 1.807) is 35.4 Å². The van der Waals surface area contributed by atoms with Gasteiger partial charge in [-0.1, -0.05) is 59.1 Å². The number of fused-ring (bicyclic) bond motifs is 2. The Labute approximate surface area is 200 Å². The molecule has 0 atom stereocenters. The zero-order valence-corrected chi connectivity index (χ0v) is 20.2. The molecule has 3 aromatic heterocycles. The van der Waals surface area contributed by atoms with Gasteiger partial charge in [-0.3, -0.25) is 18.7 Å². The predicted octanol–water partition coefficient (Wildman–Crippen LogP) is 3.62. The van der Waals surface area contributed by atoms with Gasteiger partial charge in [0.15, 0.2) is 8.68 Å². The summed E-state index contributed by atoms with van der Waals surface area (Å²) >= 11 is 4.46. The standard InChI is InChI=1S/C22H18N6O2S3/c1-27-17(23-15-9-5-3-7-13(15)19(27)29)11-31-21-25-26-22(33-21)32-12-18-24-16-10-6-4-8-14(16)20(30)28(18)2/h3-10H,11-12H2,1-2H3. The molecule has 0 fully saturated rings. The van der Waals surface area contributed by atoms with Crippen molar-refractivity contribution in [2.24, 2.45) is 14.1 Å². The molecule has 0 saturated heterocycles. The summed E-state index contributed by atoms with van der Waals surface area (Å²) in [6.07, 6.45) is 0. The maximum Gasteiger partial charge on any atom is 0.261 e. The Kier molecular flexibility index (Phi) is 6.00. The van der Waals surface area contributed by atoms with E-state index in [0.717, 1.165) is 8.68 Å². The van der Waals surface area contributed by atoms with Crippen molar-refractivity contribution in [3.05, 3.63) is 80.9 Å². The van der Waals surface area contributed by atoms with Gasteiger partial charge in [-0.05, 0) is 24.3 Å². The van der Waals surface area contributed by atoms with Crippen LogP contribution in [0.15, 0.2) is 66.8 Å². The fourth-order valence-electron chi connectivity index (χ4n) is 3.35. The number of aromatic nitrogens is 6. The molecular formula is C22H18N6O2S3. The van der Waals surface area contributed by atoms with Gasteiger partial charge in [0.2, 0.25) is 0 Å². The van der Waals surface area contributed by atoms with Crippen molar-refractivity contribution in [3.63, 3.8) is 0 Å². The van der Waals surface area contributed by atoms with E-state index in [1.165, 1.54) is 34.9 Å². The lowest BCUT2D eigenvalue weighted by atomic mass is 10.2. The van der Waals surface area contributed by atoms with Gasteiger partial charge in [0.1, 0.15) is 11.6 Å². The Bertz CT molecular complexity index is 1490. The van der Waals surface area contributed by atoms with E-state index in [4.69, 9.17) is 0 Å². The summed E-state index contributed by atoms with van der Waals surface area (Å²) < 4.78 is 4.75. The first kappa shape index (κ1) is 21.8. The van der Waals surface area contributed by atoms with Gasteiger partial charge >= 0.3 is 0 Å². The van der Waals surface area contributed by atoms with Crippen LogP contribution in [0.2, 0.25) is 0 Å². The van der Waals surface area contributed by atoms with Crippen LogP contribution in [0.4, 0.5) is 0 Å². The molecule has 0 spiro atoms. The molecule has 0 aliphatic carbocycles. The van der Waals surface area contributed by atoms with Crippen molar-refractivity contribution in [1.29, 1.82) is 0 Å². The quantitative estimate of drug-likeness (QED) is 0.330. The zero-order valence-electron chi connectivity index (χ0n) is 17.8. The molecule has 8 nitrogen and oxygen atoms in total. The average molecular weight is 495 g/mol. The van der Waals surface area contributed by atoms with Crippen molar-refractivity contribution in [1.82, 2.24) is 29.3 Å². The summed E-state index contributed by atoms with van der Waals surface area (Å²) in [5, 5.41) is 9.73. The summed E-state index contributed by atoms with van der Waals surface area (Å²) in [4.78, 5) is 34.4. The highest BCUT2D eigenvalue weighted by Crippen LogP contribution is 2.31. The number of thioether (sulfide) groups is 2. The molecular weight excluding hydrogens is 476 g/mol. The number of rotatable bonds is 6. The van der Waals surface area contributed by atoms with Crippen LogP contribution in [-0.2, 0) is 25.6 Å². The molecule has 166 valence electrons. The fourth-order valence-corrected chi connectivity index (χ4v) is 6.34. The minimum atomic E-state index is -0.0572. The van der Waals surface area contributed by atoms with Gasteiger partial charge in [-0.25, -0.2) is 9.97 Å². The Hall–Kier alpha value is -3.02. The highest BCUT2D eigenvalue weighted by molar-refractivity contribution is 8.02. The summed E-state index contributed by atoms with van der Waals surface area (Å²) in [5.41, 5.74) is 1.27. The highest BCUT2D eigenvalue weighted by Gasteiger charge is 2.13. The third-order valence-electron chi connectivity index (χ3n) is 5.19. The minimum Gasteiger partial charge on any atom is -0.299 e. The molecule has 5 rings (SSSR count). The molecule has 5 aromatic rings. The van der Waals surface area contributed by atoms with Crippen LogP contribution in [0.5, 0.6) is 0 Å². The second kappa shape index (κ2) is 9.08. The van der Waals surface area contributed by atoms with Crippen LogP contribution in [0.1, 0.15) is 11.6 Å². The summed E-state index contributed by atoms with van der Waals surface area (Å²) in [5.74, 6) is 2.39. The lowest BCUT2D eigenvalue weighted by molar-refractivity contribution is 0.784. The van der Waals surface area contributed by atoms with Crippen molar-refractivity contribution in [2.45, 2.75) is 20.2 Å². The number of nitrogens with zero attached hydrogens (tertiary/aromatic N) is 6. The molecule has 0 unspecified atom stereocenters. The monoisotopic (exact) mass is 494 g/mol. The molecule has 2 aromatic carbocycles. The predicted molar refractivity (Wildman–Crippen MR) is 133 cm³/mol. The number of hydrogen-bond donors (Lipinski definition) is 0. The lowest BCUT2D eigenvalue weighted by Crippen LogP contribution is -2.21. The van der Waals surface area contributed by atoms with Crippen LogP contribution >= 0.6 is 34.9 Å². The molecule has 0 radical (unpaired) electrons. The first-order chi connectivity index (χ1) is 16.0. The van der Waals surface area contributed by atoms with Gasteiger partial charge in [0.05, 0.1) is 33.3 Å². The van der Waals surface area contributed by atoms with E-state index in [0.29, 0.717) is 45.0 Å². The van der Waals surface area contributed by atoms with Crippen LogP contribution in [-0.4, -0.2) is 29.3 Å². The second-order valence-electron chi connectivity index (χ2n) is 7.23. The van der Waals surface area contributed by atoms with Gasteiger partial charge in [-0.2, -0.15) is 0 Å². The van der Waals surface area contributed by atoms with Crippen LogP contribution < -0.4 is 11.1 Å². The third-order valence-corrected chi connectivity index (χ3v) is 8.37. The average Bonchev–Trinajstić information content (AvgIpc) is 3.30. The Morgan fingerprint density at radius 2 is 1.15 bits per heavy atom. The third kappa shape index (κ3) is 4.31. The Morgan fingerprint density at radius 1 is 0.727 bits per heavy atom. The van der Waals surface area contributed by atoms with E-state index in [1.807, 2.05) is 36.4 Å². The van der Waals surface area contributed by atoms with E-state index >= 15 is 0 Å². The fraction of sp³-hybridized carbons (Fsp3) is 0.182. The molecule has 0 aliphatic heterocycles. The van der Waals surface area contributed by atoms with Crippen molar-refractivity contribution < 1.29 is 0 Å². The van der Waals surface area contributed by atoms with Gasteiger partial charge in [-0.15, -0.1) is 10.2 Å². The maximum absolute atomic E-state index is 12.6. The van der Waals surface area contributed by atoms with Crippen molar-refractivity contribution >= 4 is 56.7 Å². The summed E-state index contributed by atoms with van der Waals surface area (Å²) in [6, 6.07) is 14.7. The number of hydrogen-bond acceptors (Lipinski definition) is 9. The first-order valence-corrected chi connectivity index (χ1v) is 12.8. The largest absolute Gasteiger partial charge is 0.299 e. The summed E-state index contributed by atoms with van der Waals surface area (Å²) in [7, 11) is 3.47. The Morgan fingerprint density at radius 3 is 1.61 bits per heavy atom. The summed E-state index contributed by atoms with van der Waals surface area (Å²) in [6.45, 7) is 0. The van der Waals surface area contributed by atoms with Crippen molar-refractivity contribution in [3.8, 4) is 0 Å². The molecule has 3 heterocycles. The van der Waals surface area contributed by atoms with Gasteiger partial charge < -0.3 is 0 Å². The molecule has 0 aliphatic rings. The SMILES string of the molecule is Cn1c(CSc2nnc(SCc3nc4ccccc4c(=O)n3C)s2)nc2ccccc2c1=O. The van der Waals surface area contributed by atoms with Gasteiger partial charge in [0.25, 0.3) is 11.1 Å². The molecule has 0 amide bonds. The van der Waals surface area contributed by atoms with E-state index in [-0.39, 0.29) is 11.1 Å². The molecule has 11 heteroatoms. The number of benzene rings is 2. The zero-order chi connectivity index (χ0) is 22.9. The first-order valence-electron chi connectivity index (χ1n) is 9.99. The van der Waals surface area contributed by atoms with Crippen LogP contribution in [0.3, 0.4) is 0 Å². The van der Waals surface area contributed by atoms with E-state index < -0.39 is 0 Å². The minimum absolute atomic E-state index is 0.0572. The normalized spacial score (nSPS) is 11.5. The molecule has 33 heavy (non-hydrogen) atoms.